The van der Waals surface area contributed by atoms with E-state index >= 15 is 0 Å². The zero-order valence-corrected chi connectivity index (χ0v) is 15.4. The van der Waals surface area contributed by atoms with E-state index in [1.807, 2.05) is 30.3 Å². The van der Waals surface area contributed by atoms with E-state index < -0.39 is 0 Å². The Kier molecular flexibility index (Phi) is 5.04. The Morgan fingerprint density at radius 2 is 1.88 bits per heavy atom. The zero-order valence-electron chi connectivity index (χ0n) is 13.9. The molecule has 2 aromatic rings. The molecule has 2 aliphatic heterocycles. The Bertz CT molecular complexity index is 761. The lowest BCUT2D eigenvalue weighted by atomic mass is 10.1. The van der Waals surface area contributed by atoms with Crippen LogP contribution in [0.5, 0.6) is 5.75 Å². The van der Waals surface area contributed by atoms with Crippen molar-refractivity contribution in [2.45, 2.75) is 13.2 Å². The second kappa shape index (κ2) is 7.42. The molecule has 0 radical (unpaired) electrons. The molecule has 4 nitrogen and oxygen atoms in total. The predicted molar refractivity (Wildman–Crippen MR) is 99.8 cm³/mol. The van der Waals surface area contributed by atoms with Gasteiger partial charge in [-0.15, -0.1) is 0 Å². The lowest BCUT2D eigenvalue weighted by Crippen LogP contribution is -3.13. The molecular weight excluding hydrogens is 359 g/mol. The minimum Gasteiger partial charge on any atom is -0.467 e. The fourth-order valence-electron chi connectivity index (χ4n) is 3.59. The van der Waals surface area contributed by atoms with Crippen LogP contribution < -0.4 is 14.5 Å². The molecule has 0 spiro atoms. The van der Waals surface area contributed by atoms with Gasteiger partial charge in [-0.25, -0.2) is 0 Å². The van der Waals surface area contributed by atoms with E-state index in [0.29, 0.717) is 13.4 Å². The van der Waals surface area contributed by atoms with Crippen LogP contribution in [0, 0.1) is 0 Å². The summed E-state index contributed by atoms with van der Waals surface area (Å²) >= 11 is 12.4. The molecule has 25 heavy (non-hydrogen) atoms. The van der Waals surface area contributed by atoms with Crippen molar-refractivity contribution in [1.82, 2.24) is 0 Å². The van der Waals surface area contributed by atoms with Crippen molar-refractivity contribution < 1.29 is 14.4 Å². The summed E-state index contributed by atoms with van der Waals surface area (Å²) in [6.45, 7) is 5.99. The van der Waals surface area contributed by atoms with Gasteiger partial charge in [-0.1, -0.05) is 29.3 Å². The third-order valence-electron chi connectivity index (χ3n) is 4.84. The predicted octanol–water partition coefficient (Wildman–Crippen LogP) is 2.77. The van der Waals surface area contributed by atoms with E-state index in [9.17, 15) is 0 Å². The quantitative estimate of drug-likeness (QED) is 0.887. The normalized spacial score (nSPS) is 17.9. The van der Waals surface area contributed by atoms with E-state index in [0.717, 1.165) is 54.1 Å². The first-order chi connectivity index (χ1) is 12.2. The molecule has 0 unspecified atom stereocenters. The van der Waals surface area contributed by atoms with Gasteiger partial charge in [0.05, 0.1) is 38.3 Å². The molecule has 0 saturated carbocycles. The first-order valence-corrected chi connectivity index (χ1v) is 9.30. The molecule has 0 amide bonds. The average Bonchev–Trinajstić information content (AvgIpc) is 2.62. The summed E-state index contributed by atoms with van der Waals surface area (Å²) in [6, 6.07) is 12.0. The molecule has 1 saturated heterocycles. The van der Waals surface area contributed by atoms with Gasteiger partial charge in [0.2, 0.25) is 0 Å². The van der Waals surface area contributed by atoms with Gasteiger partial charge in [0.25, 0.3) is 0 Å². The topological polar surface area (TPSA) is 26.1 Å². The van der Waals surface area contributed by atoms with Crippen LogP contribution in [0.2, 0.25) is 10.0 Å². The Hall–Kier alpha value is -1.46. The monoisotopic (exact) mass is 379 g/mol. The number of rotatable bonds is 3. The maximum atomic E-state index is 6.28. The second-order valence-corrected chi connectivity index (χ2v) is 7.43. The zero-order chi connectivity index (χ0) is 17.2. The highest BCUT2D eigenvalue weighted by atomic mass is 35.5. The maximum absolute atomic E-state index is 6.28. The summed E-state index contributed by atoms with van der Waals surface area (Å²) in [6.07, 6.45) is 0. The van der Waals surface area contributed by atoms with Gasteiger partial charge in [0.1, 0.15) is 12.3 Å². The van der Waals surface area contributed by atoms with E-state index in [1.165, 1.54) is 16.2 Å². The molecule has 4 rings (SSSR count). The molecule has 2 heterocycles. The summed E-state index contributed by atoms with van der Waals surface area (Å²) < 4.78 is 11.1. The number of fused-ring (bicyclic) bond motifs is 1. The highest BCUT2D eigenvalue weighted by molar-refractivity contribution is 6.31. The van der Waals surface area contributed by atoms with Crippen LogP contribution in [0.25, 0.3) is 0 Å². The summed E-state index contributed by atoms with van der Waals surface area (Å²) in [7, 11) is 0. The van der Waals surface area contributed by atoms with Crippen LogP contribution in [0.15, 0.2) is 36.4 Å². The first-order valence-electron chi connectivity index (χ1n) is 8.55. The lowest BCUT2D eigenvalue weighted by molar-refractivity contribution is -0.914. The molecule has 0 atom stereocenters. The molecule has 6 heteroatoms. The van der Waals surface area contributed by atoms with Crippen molar-refractivity contribution in [3.05, 3.63) is 57.6 Å². The minimum absolute atomic E-state index is 0.319. The second-order valence-electron chi connectivity index (χ2n) is 6.56. The summed E-state index contributed by atoms with van der Waals surface area (Å²) in [5, 5.41) is 1.54. The van der Waals surface area contributed by atoms with Crippen LogP contribution in [0.4, 0.5) is 5.69 Å². The molecular formula is C19H21Cl2N2O2+. The molecule has 2 aliphatic rings. The SMILES string of the molecule is Clc1cccc(N2CC[NH+](Cc3cc(Cl)cc4c3OCOC4)CC2)c1. The molecule has 2 aromatic carbocycles. The highest BCUT2D eigenvalue weighted by Gasteiger charge is 2.24. The van der Waals surface area contributed by atoms with Gasteiger partial charge < -0.3 is 19.3 Å². The molecule has 1 fully saturated rings. The summed E-state index contributed by atoms with van der Waals surface area (Å²) in [5.74, 6) is 0.959. The van der Waals surface area contributed by atoms with Gasteiger partial charge in [0.15, 0.2) is 6.79 Å². The number of hydrogen-bond acceptors (Lipinski definition) is 3. The minimum atomic E-state index is 0.319. The van der Waals surface area contributed by atoms with Crippen LogP contribution in [-0.4, -0.2) is 33.0 Å². The van der Waals surface area contributed by atoms with Gasteiger partial charge in [-0.05, 0) is 30.3 Å². The first kappa shape index (κ1) is 17.0. The van der Waals surface area contributed by atoms with E-state index in [-0.39, 0.29) is 0 Å². The van der Waals surface area contributed by atoms with E-state index in [2.05, 4.69) is 11.0 Å². The number of hydrogen-bond donors (Lipinski definition) is 1. The third-order valence-corrected chi connectivity index (χ3v) is 5.29. The largest absolute Gasteiger partial charge is 0.467 e. The standard InChI is InChI=1S/C19H20Cl2N2O2/c20-16-2-1-3-18(10-16)23-6-4-22(5-7-23)11-14-8-17(21)9-15-12-24-13-25-19(14)15/h1-3,8-10H,4-7,11-13H2/p+1. The third kappa shape index (κ3) is 3.87. The molecule has 1 N–H and O–H groups in total. The van der Waals surface area contributed by atoms with Crippen molar-refractivity contribution >= 4 is 28.9 Å². The Labute approximate surface area is 157 Å². The number of quaternary nitrogens is 1. The number of halogens is 2. The van der Waals surface area contributed by atoms with Crippen molar-refractivity contribution in [3.8, 4) is 5.75 Å². The van der Waals surface area contributed by atoms with Crippen LogP contribution in [0.3, 0.4) is 0 Å². The van der Waals surface area contributed by atoms with E-state index in [4.69, 9.17) is 32.7 Å². The fraction of sp³-hybridized carbons (Fsp3) is 0.368. The fourth-order valence-corrected chi connectivity index (χ4v) is 4.04. The van der Waals surface area contributed by atoms with Gasteiger partial charge in [-0.2, -0.15) is 0 Å². The molecule has 0 aliphatic carbocycles. The number of piperazine rings is 1. The van der Waals surface area contributed by atoms with Crippen molar-refractivity contribution in [2.75, 3.05) is 37.9 Å². The Morgan fingerprint density at radius 1 is 1.04 bits per heavy atom. The average molecular weight is 380 g/mol. The van der Waals surface area contributed by atoms with Crippen molar-refractivity contribution in [2.24, 2.45) is 0 Å². The van der Waals surface area contributed by atoms with Gasteiger partial charge >= 0.3 is 0 Å². The molecule has 132 valence electrons. The number of anilines is 1. The van der Waals surface area contributed by atoms with Gasteiger partial charge in [-0.3, -0.25) is 0 Å². The smallest absolute Gasteiger partial charge is 0.189 e. The summed E-state index contributed by atoms with van der Waals surface area (Å²) in [5.41, 5.74) is 3.43. The lowest BCUT2D eigenvalue weighted by Gasteiger charge is -2.34. The summed E-state index contributed by atoms with van der Waals surface area (Å²) in [4.78, 5) is 3.94. The van der Waals surface area contributed by atoms with Crippen LogP contribution in [-0.2, 0) is 17.9 Å². The number of nitrogens with zero attached hydrogens (tertiary/aromatic N) is 1. The van der Waals surface area contributed by atoms with Crippen LogP contribution in [0.1, 0.15) is 11.1 Å². The molecule has 0 bridgehead atoms. The molecule has 0 aromatic heterocycles. The number of nitrogens with one attached hydrogen (secondary N) is 1. The Morgan fingerprint density at radius 3 is 2.68 bits per heavy atom. The highest BCUT2D eigenvalue weighted by Crippen LogP contribution is 2.31. The van der Waals surface area contributed by atoms with Crippen molar-refractivity contribution in [1.29, 1.82) is 0 Å². The Balaban J connectivity index is 1.43. The van der Waals surface area contributed by atoms with E-state index in [1.54, 1.807) is 0 Å². The van der Waals surface area contributed by atoms with Crippen LogP contribution >= 0.6 is 23.2 Å². The van der Waals surface area contributed by atoms with Crippen molar-refractivity contribution in [3.63, 3.8) is 0 Å². The number of ether oxygens (including phenoxy) is 2. The van der Waals surface area contributed by atoms with Gasteiger partial charge in [0, 0.05) is 21.3 Å². The number of benzene rings is 2. The maximum Gasteiger partial charge on any atom is 0.189 e.